The summed E-state index contributed by atoms with van der Waals surface area (Å²) in [7, 11) is 0. The van der Waals surface area contributed by atoms with Crippen molar-refractivity contribution >= 4 is 86.3 Å². The first-order chi connectivity index (χ1) is 28.7. The van der Waals surface area contributed by atoms with Crippen molar-refractivity contribution in [3.63, 3.8) is 0 Å². The molecule has 2 N–H and O–H groups in total. The van der Waals surface area contributed by atoms with Gasteiger partial charge in [-0.05, 0) is 93.1 Å². The highest BCUT2D eigenvalue weighted by Crippen LogP contribution is 2.36. The number of fused-ring (bicyclic) bond motifs is 1. The summed E-state index contributed by atoms with van der Waals surface area (Å²) in [6.07, 6.45) is 2.74. The van der Waals surface area contributed by atoms with E-state index >= 15 is 0 Å². The number of hydrogen-bond donors (Lipinski definition) is 2. The molecular formula is C48H38N4O6S2. The molecule has 0 atom stereocenters. The fourth-order valence-corrected chi connectivity index (χ4v) is 7.31. The second-order valence-corrected chi connectivity index (χ2v) is 15.3. The maximum atomic E-state index is 12.2. The van der Waals surface area contributed by atoms with Gasteiger partial charge in [0.15, 0.2) is 0 Å². The minimum absolute atomic E-state index is 0.248. The van der Waals surface area contributed by atoms with Crippen LogP contribution >= 0.6 is 23.1 Å². The van der Waals surface area contributed by atoms with E-state index < -0.39 is 11.9 Å². The first-order valence-electron chi connectivity index (χ1n) is 18.2. The third-order valence-corrected chi connectivity index (χ3v) is 10.5. The maximum Gasteiger partial charge on any atom is 0.344 e. The van der Waals surface area contributed by atoms with E-state index in [2.05, 4.69) is 75.3 Å². The number of hydrogen-bond acceptors (Lipinski definition) is 8. The molecular weight excluding hydrogens is 793 g/mol. The molecule has 8 rings (SSSR count). The monoisotopic (exact) mass is 830 g/mol. The minimum Gasteiger partial charge on any atom is -0.486 e. The molecule has 60 heavy (non-hydrogen) atoms. The predicted molar refractivity (Wildman–Crippen MR) is 242 cm³/mol. The van der Waals surface area contributed by atoms with Gasteiger partial charge >= 0.3 is 17.6 Å². The second-order valence-electron chi connectivity index (χ2n) is 13.5. The number of aryl methyl sites for hydroxylation is 5. The molecule has 0 unspecified atom stereocenters. The molecule has 0 radical (unpaired) electrons. The van der Waals surface area contributed by atoms with Crippen LogP contribution in [0.2, 0.25) is 0 Å². The third kappa shape index (κ3) is 10.7. The number of thiophene rings is 1. The van der Waals surface area contributed by atoms with Crippen LogP contribution in [-0.4, -0.2) is 30.9 Å². The van der Waals surface area contributed by atoms with Crippen molar-refractivity contribution in [1.29, 1.82) is 0 Å². The Hall–Kier alpha value is -7.51. The molecule has 12 heteroatoms. The lowest BCUT2D eigenvalue weighted by molar-refractivity contribution is -0.133. The van der Waals surface area contributed by atoms with Gasteiger partial charge in [0.2, 0.25) is 0 Å². The number of rotatable bonds is 5. The van der Waals surface area contributed by atoms with Crippen LogP contribution in [0.3, 0.4) is 0 Å². The molecule has 3 heterocycles. The summed E-state index contributed by atoms with van der Waals surface area (Å²) in [5.41, 5.74) is 8.97. The van der Waals surface area contributed by atoms with Crippen LogP contribution in [-0.2, 0) is 9.59 Å². The summed E-state index contributed by atoms with van der Waals surface area (Å²) in [5, 5.41) is 20.5. The van der Waals surface area contributed by atoms with Crippen molar-refractivity contribution in [2.75, 3.05) is 0 Å². The van der Waals surface area contributed by atoms with Crippen molar-refractivity contribution in [2.45, 2.75) is 34.6 Å². The number of benzene rings is 5. The van der Waals surface area contributed by atoms with Gasteiger partial charge in [-0.1, -0.05) is 102 Å². The minimum atomic E-state index is -1.19. The summed E-state index contributed by atoms with van der Waals surface area (Å²) >= 11 is 2.68. The normalized spacial score (nSPS) is 11.0. The molecule has 0 amide bonds. The van der Waals surface area contributed by atoms with Gasteiger partial charge in [0.25, 0.3) is 11.4 Å². The Kier molecular flexibility index (Phi) is 14.4. The molecule has 10 nitrogen and oxygen atoms in total. The van der Waals surface area contributed by atoms with Crippen molar-refractivity contribution in [1.82, 2.24) is 8.75 Å². The number of aromatic nitrogens is 2. The average molecular weight is 831 g/mol. The number of carboxylic acid groups (broad SMARTS) is 2. The fraction of sp³-hybridized carbons (Fsp3) is 0.104. The van der Waals surface area contributed by atoms with Gasteiger partial charge in [-0.15, -0.1) is 11.3 Å². The fourth-order valence-electron chi connectivity index (χ4n) is 5.88. The zero-order chi connectivity index (χ0) is 43.5. The van der Waals surface area contributed by atoms with Gasteiger partial charge in [0, 0.05) is 26.1 Å². The van der Waals surface area contributed by atoms with Gasteiger partial charge < -0.3 is 14.6 Å². The Morgan fingerprint density at radius 3 is 1.78 bits per heavy atom. The van der Waals surface area contributed by atoms with E-state index in [0.29, 0.717) is 10.8 Å². The Bertz CT molecular complexity index is 3060. The molecule has 298 valence electrons. The smallest absolute Gasteiger partial charge is 0.344 e. The largest absolute Gasteiger partial charge is 0.486 e. The summed E-state index contributed by atoms with van der Waals surface area (Å²) in [6, 6.07) is 33.3. The molecule has 0 aliphatic heterocycles. The van der Waals surface area contributed by atoms with E-state index in [1.807, 2.05) is 63.2 Å². The summed E-state index contributed by atoms with van der Waals surface area (Å²) in [6.45, 7) is 27.3. The van der Waals surface area contributed by atoms with Crippen LogP contribution in [0.1, 0.15) is 37.6 Å². The second kappa shape index (κ2) is 19.8. The van der Waals surface area contributed by atoms with Crippen LogP contribution in [0.5, 0.6) is 0 Å². The number of nitrogens with zero attached hydrogens (tertiary/aromatic N) is 4. The van der Waals surface area contributed by atoms with E-state index in [-0.39, 0.29) is 17.0 Å². The molecule has 8 aromatic rings. The van der Waals surface area contributed by atoms with Gasteiger partial charge in [-0.3, -0.25) is 9.59 Å². The highest BCUT2D eigenvalue weighted by molar-refractivity contribution is 7.12. The molecule has 0 aliphatic rings. The summed E-state index contributed by atoms with van der Waals surface area (Å²) < 4.78 is 14.2. The molecule has 0 saturated heterocycles. The molecule has 0 saturated carbocycles. The topological polar surface area (TPSA) is 139 Å². The van der Waals surface area contributed by atoms with E-state index in [4.69, 9.17) is 27.8 Å². The number of aliphatic carboxylic acids is 2. The zero-order valence-electron chi connectivity index (χ0n) is 33.3. The number of carboxylic acids is 2. The highest BCUT2D eigenvalue weighted by atomic mass is 32.1. The quantitative estimate of drug-likeness (QED) is 0.129. The van der Waals surface area contributed by atoms with Crippen LogP contribution in [0.4, 0.5) is 0 Å². The average Bonchev–Trinajstić information content (AvgIpc) is 3.90. The van der Waals surface area contributed by atoms with Crippen molar-refractivity contribution in [3.05, 3.63) is 191 Å². The molecule has 5 aromatic carbocycles. The highest BCUT2D eigenvalue weighted by Gasteiger charge is 2.16. The van der Waals surface area contributed by atoms with Crippen molar-refractivity contribution in [2.24, 2.45) is 0 Å². The molecule has 0 spiro atoms. The van der Waals surface area contributed by atoms with Crippen LogP contribution < -0.4 is 11.0 Å². The number of carbonyl (C=O) groups is 2. The van der Waals surface area contributed by atoms with Crippen molar-refractivity contribution in [3.8, 4) is 11.1 Å². The third-order valence-electron chi connectivity index (χ3n) is 9.00. The lowest BCUT2D eigenvalue weighted by Gasteiger charge is -2.11. The lowest BCUT2D eigenvalue weighted by Crippen LogP contribution is -2.11. The predicted octanol–water partition coefficient (Wildman–Crippen LogP) is 11.1. The molecule has 0 aliphatic carbocycles. The van der Waals surface area contributed by atoms with E-state index in [0.717, 1.165) is 64.8 Å². The maximum absolute atomic E-state index is 12.2. The van der Waals surface area contributed by atoms with Crippen LogP contribution in [0.15, 0.2) is 124 Å². The molecule has 0 bridgehead atoms. The summed E-state index contributed by atoms with van der Waals surface area (Å²) in [5.74, 6) is -2.37. The van der Waals surface area contributed by atoms with Crippen LogP contribution in [0.25, 0.3) is 72.1 Å². The summed E-state index contributed by atoms with van der Waals surface area (Å²) in [4.78, 5) is 40.9. The van der Waals surface area contributed by atoms with Crippen molar-refractivity contribution < 1.29 is 24.2 Å². The van der Waals surface area contributed by atoms with Gasteiger partial charge in [-0.25, -0.2) is 14.5 Å². The van der Waals surface area contributed by atoms with Gasteiger partial charge in [-0.2, -0.15) is 8.75 Å². The Morgan fingerprint density at radius 1 is 0.667 bits per heavy atom. The Morgan fingerprint density at radius 2 is 1.22 bits per heavy atom. The standard InChI is InChI=1S/C20H12N2O2S.C11H9NO2.C9H7NO2S.C8H10/c1-10-6-7-15(19-18(10)21-25-22-19)13-9-8-12-11(2)24-20(23)16-5-3-4-14(13)17(12)16;1-8-3-5-9(6-4-8)7-10(12-2)11(13)14;1-6-3-4-7(13-6)5-8(10-2)9(11)12;1-7-3-5-8(2)6-4-7/h3-9H,2H2,1H3;3-7H,1H3,(H,13,14);3-5H,1H3,(H,11,12);3-6H,1-2H3/b;10-7-;8-5-;. The molecule has 0 fully saturated rings. The Balaban J connectivity index is 0.000000167. The van der Waals surface area contributed by atoms with E-state index in [9.17, 15) is 14.4 Å². The van der Waals surface area contributed by atoms with Crippen LogP contribution in [0, 0.1) is 47.8 Å². The Labute approximate surface area is 354 Å². The first-order valence-corrected chi connectivity index (χ1v) is 19.8. The van der Waals surface area contributed by atoms with Gasteiger partial charge in [0.1, 0.15) is 16.4 Å². The zero-order valence-corrected chi connectivity index (χ0v) is 34.9. The lowest BCUT2D eigenvalue weighted by atomic mass is 9.93. The van der Waals surface area contributed by atoms with Gasteiger partial charge in [0.05, 0.1) is 30.3 Å². The SMILES string of the molecule is C=c1oc(=O)c2cccc3c(-c4ccc(C)c5nsnc45)ccc1c32.Cc1ccc(C)cc1.[C-]#[N+]/C(=C\c1ccc(C)cc1)C(=O)O.[C-]#[N+]/C(=C\c1ccc(C)s1)C(=O)O. The molecule has 3 aromatic heterocycles. The first kappa shape index (κ1) is 43.6. The van der Waals surface area contributed by atoms with E-state index in [1.54, 1.807) is 24.3 Å². The van der Waals surface area contributed by atoms with E-state index in [1.165, 1.54) is 46.3 Å².